The van der Waals surface area contributed by atoms with Crippen LogP contribution in [-0.4, -0.2) is 52.0 Å². The Balaban J connectivity index is 0.00000320. The van der Waals surface area contributed by atoms with Crippen LogP contribution in [0.5, 0.6) is 0 Å². The van der Waals surface area contributed by atoms with Gasteiger partial charge < -0.3 is 20.1 Å². The third-order valence-corrected chi connectivity index (χ3v) is 5.05. The van der Waals surface area contributed by atoms with Gasteiger partial charge in [0.1, 0.15) is 0 Å². The first-order valence-electron chi connectivity index (χ1n) is 10.4. The molecule has 2 aromatic rings. The van der Waals surface area contributed by atoms with Gasteiger partial charge in [0, 0.05) is 50.5 Å². The van der Waals surface area contributed by atoms with Crippen LogP contribution in [0.4, 0.5) is 0 Å². The molecular formula is C22H33IN6O. The minimum Gasteiger partial charge on any atom is -0.357 e. The van der Waals surface area contributed by atoms with Gasteiger partial charge >= 0.3 is 0 Å². The first-order chi connectivity index (χ1) is 14.0. The molecule has 2 N–H and O–H groups in total. The second kappa shape index (κ2) is 11.9. The quantitative estimate of drug-likeness (QED) is 0.332. The Bertz CT molecular complexity index is 804. The van der Waals surface area contributed by atoms with Crippen LogP contribution < -0.4 is 10.6 Å². The van der Waals surface area contributed by atoms with Crippen LogP contribution in [0.1, 0.15) is 38.3 Å². The van der Waals surface area contributed by atoms with E-state index in [0.29, 0.717) is 6.54 Å². The highest BCUT2D eigenvalue weighted by molar-refractivity contribution is 14.0. The smallest absolute Gasteiger partial charge is 0.225 e. The molecule has 1 aliphatic heterocycles. The number of hydrogen-bond acceptors (Lipinski definition) is 3. The van der Waals surface area contributed by atoms with E-state index in [-0.39, 0.29) is 41.8 Å². The third-order valence-electron chi connectivity index (χ3n) is 5.05. The fraction of sp³-hybridized carbons (Fsp3) is 0.500. The molecule has 1 aromatic heterocycles. The van der Waals surface area contributed by atoms with E-state index < -0.39 is 0 Å². The van der Waals surface area contributed by atoms with Gasteiger partial charge in [-0.2, -0.15) is 0 Å². The number of likely N-dealkylation sites (tertiary alicyclic amines) is 1. The highest BCUT2D eigenvalue weighted by Crippen LogP contribution is 2.13. The first kappa shape index (κ1) is 24.2. The van der Waals surface area contributed by atoms with E-state index in [4.69, 9.17) is 4.99 Å². The van der Waals surface area contributed by atoms with Gasteiger partial charge in [0.25, 0.3) is 0 Å². The molecular weight excluding hydrogens is 491 g/mol. The molecule has 164 valence electrons. The van der Waals surface area contributed by atoms with Crippen molar-refractivity contribution in [3.8, 4) is 0 Å². The molecule has 1 aromatic carbocycles. The Morgan fingerprint density at radius 3 is 2.63 bits per heavy atom. The Morgan fingerprint density at radius 2 is 2.00 bits per heavy atom. The summed E-state index contributed by atoms with van der Waals surface area (Å²) in [5.41, 5.74) is 2.40. The summed E-state index contributed by atoms with van der Waals surface area (Å²) in [7, 11) is 0. The van der Waals surface area contributed by atoms with Crippen molar-refractivity contribution in [3.63, 3.8) is 0 Å². The number of nitrogens with zero attached hydrogens (tertiary/aromatic N) is 4. The van der Waals surface area contributed by atoms with Crippen molar-refractivity contribution in [1.29, 1.82) is 0 Å². The number of benzene rings is 1. The van der Waals surface area contributed by atoms with E-state index in [1.807, 2.05) is 31.3 Å². The molecule has 1 fully saturated rings. The lowest BCUT2D eigenvalue weighted by Crippen LogP contribution is -2.45. The summed E-state index contributed by atoms with van der Waals surface area (Å²) in [6.07, 6.45) is 6.53. The largest absolute Gasteiger partial charge is 0.357 e. The van der Waals surface area contributed by atoms with Crippen LogP contribution in [0.3, 0.4) is 0 Å². The van der Waals surface area contributed by atoms with Crippen molar-refractivity contribution >= 4 is 35.8 Å². The molecule has 0 bridgehead atoms. The van der Waals surface area contributed by atoms with E-state index >= 15 is 0 Å². The van der Waals surface area contributed by atoms with Gasteiger partial charge in [-0.05, 0) is 24.5 Å². The monoisotopic (exact) mass is 524 g/mol. The van der Waals surface area contributed by atoms with Gasteiger partial charge in [0.05, 0.1) is 12.9 Å². The Labute approximate surface area is 196 Å². The molecule has 1 atom stereocenters. The standard InChI is InChI=1S/C22H32N6O.HI/c1-4-24-22(26-20-9-11-28(15-20)21(29)17(2)3)25-13-18-5-7-19(8-6-18)14-27-12-10-23-16-27;/h5-8,10,12,16-17,20H,4,9,11,13-15H2,1-3H3,(H2,24,25,26);1H. The number of carbonyl (C=O) groups excluding carboxylic acids is 1. The molecule has 2 heterocycles. The van der Waals surface area contributed by atoms with Crippen LogP contribution in [0.15, 0.2) is 48.0 Å². The molecule has 7 nitrogen and oxygen atoms in total. The minimum absolute atomic E-state index is 0. The Hall–Kier alpha value is -2.10. The maximum absolute atomic E-state index is 12.2. The van der Waals surface area contributed by atoms with Crippen molar-refractivity contribution in [2.45, 2.75) is 46.3 Å². The molecule has 0 spiro atoms. The lowest BCUT2D eigenvalue weighted by Gasteiger charge is -2.20. The number of amides is 1. The number of nitrogens with one attached hydrogen (secondary N) is 2. The van der Waals surface area contributed by atoms with Crippen LogP contribution in [0.25, 0.3) is 0 Å². The second-order valence-corrected chi connectivity index (χ2v) is 7.82. The van der Waals surface area contributed by atoms with E-state index in [0.717, 1.165) is 38.6 Å². The van der Waals surface area contributed by atoms with Gasteiger partial charge in [0.2, 0.25) is 5.91 Å². The van der Waals surface area contributed by atoms with Gasteiger partial charge in [-0.1, -0.05) is 38.1 Å². The highest BCUT2D eigenvalue weighted by Gasteiger charge is 2.27. The predicted octanol–water partition coefficient (Wildman–Crippen LogP) is 2.86. The van der Waals surface area contributed by atoms with Gasteiger partial charge in [-0.15, -0.1) is 24.0 Å². The van der Waals surface area contributed by atoms with Crippen LogP contribution in [-0.2, 0) is 17.9 Å². The molecule has 1 unspecified atom stereocenters. The lowest BCUT2D eigenvalue weighted by molar-refractivity contribution is -0.133. The molecule has 3 rings (SSSR count). The number of carbonyl (C=O) groups is 1. The Kier molecular flexibility index (Phi) is 9.61. The zero-order chi connectivity index (χ0) is 20.6. The summed E-state index contributed by atoms with van der Waals surface area (Å²) in [6.45, 7) is 9.76. The lowest BCUT2D eigenvalue weighted by atomic mass is 10.1. The molecule has 8 heteroatoms. The number of rotatable bonds is 7. The maximum atomic E-state index is 12.2. The Morgan fingerprint density at radius 1 is 1.27 bits per heavy atom. The van der Waals surface area contributed by atoms with Crippen LogP contribution in [0, 0.1) is 5.92 Å². The van der Waals surface area contributed by atoms with E-state index in [2.05, 4.69) is 51.4 Å². The molecule has 30 heavy (non-hydrogen) atoms. The average Bonchev–Trinajstić information content (AvgIpc) is 3.39. The number of hydrogen-bond donors (Lipinski definition) is 2. The van der Waals surface area contributed by atoms with Gasteiger partial charge in [-0.25, -0.2) is 9.98 Å². The molecule has 0 radical (unpaired) electrons. The summed E-state index contributed by atoms with van der Waals surface area (Å²) in [4.78, 5) is 22.9. The minimum atomic E-state index is 0. The second-order valence-electron chi connectivity index (χ2n) is 7.82. The predicted molar refractivity (Wildman–Crippen MR) is 131 cm³/mol. The van der Waals surface area contributed by atoms with E-state index in [9.17, 15) is 4.79 Å². The van der Waals surface area contributed by atoms with E-state index in [1.54, 1.807) is 6.20 Å². The number of aliphatic imine (C=N–C) groups is 1. The summed E-state index contributed by atoms with van der Waals surface area (Å²) in [6, 6.07) is 8.76. The molecule has 1 aliphatic rings. The maximum Gasteiger partial charge on any atom is 0.225 e. The fourth-order valence-corrected chi connectivity index (χ4v) is 3.47. The van der Waals surface area contributed by atoms with Crippen molar-refractivity contribution in [1.82, 2.24) is 25.1 Å². The number of halogens is 1. The van der Waals surface area contributed by atoms with Crippen molar-refractivity contribution < 1.29 is 4.79 Å². The molecule has 0 aliphatic carbocycles. The highest BCUT2D eigenvalue weighted by atomic mass is 127. The van der Waals surface area contributed by atoms with Gasteiger partial charge in [-0.3, -0.25) is 4.79 Å². The SMILES string of the molecule is CCNC(=NCc1ccc(Cn2ccnc2)cc1)NC1CCN(C(=O)C(C)C)C1.I. The van der Waals surface area contributed by atoms with Crippen LogP contribution >= 0.6 is 24.0 Å². The van der Waals surface area contributed by atoms with Crippen molar-refractivity contribution in [2.75, 3.05) is 19.6 Å². The zero-order valence-electron chi connectivity index (χ0n) is 18.0. The first-order valence-corrected chi connectivity index (χ1v) is 10.4. The number of guanidine groups is 1. The molecule has 1 amide bonds. The summed E-state index contributed by atoms with van der Waals surface area (Å²) >= 11 is 0. The van der Waals surface area contributed by atoms with E-state index in [1.165, 1.54) is 11.1 Å². The van der Waals surface area contributed by atoms with Crippen molar-refractivity contribution in [3.05, 3.63) is 54.1 Å². The topological polar surface area (TPSA) is 74.6 Å². The summed E-state index contributed by atoms with van der Waals surface area (Å²) in [5.74, 6) is 1.08. The van der Waals surface area contributed by atoms with Crippen LogP contribution in [0.2, 0.25) is 0 Å². The number of aromatic nitrogens is 2. The molecule has 0 saturated carbocycles. The number of imidazole rings is 1. The summed E-state index contributed by atoms with van der Waals surface area (Å²) < 4.78 is 2.05. The fourth-order valence-electron chi connectivity index (χ4n) is 3.47. The zero-order valence-corrected chi connectivity index (χ0v) is 20.4. The normalized spacial score (nSPS) is 16.5. The average molecular weight is 524 g/mol. The van der Waals surface area contributed by atoms with Crippen molar-refractivity contribution in [2.24, 2.45) is 10.9 Å². The molecule has 1 saturated heterocycles. The van der Waals surface area contributed by atoms with Gasteiger partial charge in [0.15, 0.2) is 5.96 Å². The third kappa shape index (κ3) is 7.00. The summed E-state index contributed by atoms with van der Waals surface area (Å²) in [5, 5.41) is 6.80.